The number of aromatic nitrogens is 2. The average molecular weight is 477 g/mol. The highest BCUT2D eigenvalue weighted by Gasteiger charge is 2.26. The van der Waals surface area contributed by atoms with Gasteiger partial charge < -0.3 is 14.1 Å². The summed E-state index contributed by atoms with van der Waals surface area (Å²) in [5.41, 5.74) is 0.806. The fraction of sp³-hybridized carbons (Fsp3) is 0.381. The summed E-state index contributed by atoms with van der Waals surface area (Å²) in [4.78, 5) is 15.5. The van der Waals surface area contributed by atoms with Crippen molar-refractivity contribution in [2.45, 2.75) is 37.6 Å². The number of piperidine rings is 1. The van der Waals surface area contributed by atoms with Gasteiger partial charge in [-0.1, -0.05) is 12.1 Å². The lowest BCUT2D eigenvalue weighted by molar-refractivity contribution is 0.0684. The second kappa shape index (κ2) is 9.39. The van der Waals surface area contributed by atoms with Gasteiger partial charge in [0, 0.05) is 24.5 Å². The van der Waals surface area contributed by atoms with Gasteiger partial charge in [0.1, 0.15) is 5.75 Å². The summed E-state index contributed by atoms with van der Waals surface area (Å²) in [5, 5.41) is 7.85. The van der Waals surface area contributed by atoms with E-state index in [-0.39, 0.29) is 29.1 Å². The molecule has 11 heteroatoms. The summed E-state index contributed by atoms with van der Waals surface area (Å²) in [6.45, 7) is 3.21. The van der Waals surface area contributed by atoms with Gasteiger partial charge in [0.05, 0.1) is 16.9 Å². The van der Waals surface area contributed by atoms with Crippen LogP contribution in [0.15, 0.2) is 39.6 Å². The number of sulfonamides is 1. The predicted molar refractivity (Wildman–Crippen MR) is 119 cm³/mol. The maximum absolute atomic E-state index is 12.9. The number of methoxy groups -OCH3 is 1. The molecule has 1 aliphatic rings. The van der Waals surface area contributed by atoms with Crippen LogP contribution in [0.5, 0.6) is 5.75 Å². The van der Waals surface area contributed by atoms with Crippen molar-refractivity contribution in [2.75, 3.05) is 20.2 Å². The second-order valence-corrected chi connectivity index (χ2v) is 10.5. The first-order valence-electron chi connectivity index (χ1n) is 10.2. The quantitative estimate of drug-likeness (QED) is 0.557. The molecule has 3 heterocycles. The first-order valence-corrected chi connectivity index (χ1v) is 12.5. The lowest BCUT2D eigenvalue weighted by Crippen LogP contribution is -2.35. The summed E-state index contributed by atoms with van der Waals surface area (Å²) in [6.07, 6.45) is 3.03. The van der Waals surface area contributed by atoms with Crippen LogP contribution in [0.25, 0.3) is 10.8 Å². The van der Waals surface area contributed by atoms with Crippen molar-refractivity contribution in [3.8, 4) is 16.5 Å². The van der Waals surface area contributed by atoms with Gasteiger partial charge >= 0.3 is 11.8 Å². The van der Waals surface area contributed by atoms with E-state index >= 15 is 0 Å². The number of hydrogen-bond donors (Lipinski definition) is 1. The molecule has 0 aliphatic carbocycles. The molecule has 0 radical (unpaired) electrons. The van der Waals surface area contributed by atoms with E-state index < -0.39 is 10.0 Å². The molecule has 170 valence electrons. The highest BCUT2D eigenvalue weighted by atomic mass is 32.2. The van der Waals surface area contributed by atoms with Crippen LogP contribution in [0.3, 0.4) is 0 Å². The van der Waals surface area contributed by atoms with E-state index in [0.29, 0.717) is 28.6 Å². The van der Waals surface area contributed by atoms with Crippen LogP contribution in [0, 0.1) is 6.92 Å². The van der Waals surface area contributed by atoms with Gasteiger partial charge in [-0.25, -0.2) is 13.1 Å². The van der Waals surface area contributed by atoms with Gasteiger partial charge in [0.2, 0.25) is 10.0 Å². The van der Waals surface area contributed by atoms with Crippen LogP contribution in [-0.2, 0) is 16.6 Å². The maximum atomic E-state index is 12.9. The van der Waals surface area contributed by atoms with Gasteiger partial charge in [-0.15, -0.1) is 21.5 Å². The maximum Gasteiger partial charge on any atom is 0.311 e. The standard InChI is InChI=1S/C21H24N4O5S2/c1-14-18(32(27,28)22-13-15-6-8-16(29-2)9-7-15)12-17(31-14)19-23-24-20(30-19)21(26)25-10-4-3-5-11-25/h6-9,12,22H,3-5,10-11,13H2,1-2H3. The molecule has 4 rings (SSSR count). The zero-order valence-electron chi connectivity index (χ0n) is 17.8. The largest absolute Gasteiger partial charge is 0.497 e. The number of rotatable bonds is 7. The third kappa shape index (κ3) is 4.84. The van der Waals surface area contributed by atoms with Gasteiger partial charge in [-0.3, -0.25) is 4.79 Å². The minimum atomic E-state index is -3.75. The van der Waals surface area contributed by atoms with E-state index in [1.807, 2.05) is 0 Å². The van der Waals surface area contributed by atoms with Crippen LogP contribution < -0.4 is 9.46 Å². The number of carbonyl (C=O) groups is 1. The van der Waals surface area contributed by atoms with Gasteiger partial charge in [-0.2, -0.15) is 0 Å². The number of nitrogens with zero attached hydrogens (tertiary/aromatic N) is 3. The molecule has 1 N–H and O–H groups in total. The van der Waals surface area contributed by atoms with Crippen LogP contribution >= 0.6 is 11.3 Å². The Morgan fingerprint density at radius 2 is 1.91 bits per heavy atom. The second-order valence-electron chi connectivity index (χ2n) is 7.47. The summed E-state index contributed by atoms with van der Waals surface area (Å²) >= 11 is 1.22. The Bertz CT molecular complexity index is 1200. The van der Waals surface area contributed by atoms with Crippen molar-refractivity contribution in [2.24, 2.45) is 0 Å². The third-order valence-electron chi connectivity index (χ3n) is 5.25. The highest BCUT2D eigenvalue weighted by molar-refractivity contribution is 7.89. The minimum absolute atomic E-state index is 0.0741. The molecule has 0 saturated carbocycles. The first-order chi connectivity index (χ1) is 15.4. The Morgan fingerprint density at radius 3 is 2.59 bits per heavy atom. The smallest absolute Gasteiger partial charge is 0.311 e. The Hall–Kier alpha value is -2.76. The number of ether oxygens (including phenoxy) is 1. The number of aryl methyl sites for hydroxylation is 1. The fourth-order valence-electron chi connectivity index (χ4n) is 3.48. The molecular weight excluding hydrogens is 452 g/mol. The number of benzene rings is 1. The number of hydrogen-bond acceptors (Lipinski definition) is 8. The molecule has 1 aliphatic heterocycles. The van der Waals surface area contributed by atoms with Crippen molar-refractivity contribution in [1.82, 2.24) is 19.8 Å². The molecule has 32 heavy (non-hydrogen) atoms. The monoisotopic (exact) mass is 476 g/mol. The molecule has 1 saturated heterocycles. The van der Waals surface area contributed by atoms with Crippen molar-refractivity contribution in [3.63, 3.8) is 0 Å². The SMILES string of the molecule is COc1ccc(CNS(=O)(=O)c2cc(-c3nnc(C(=O)N4CCCCC4)o3)sc2C)cc1. The van der Waals surface area contributed by atoms with Gasteiger partial charge in [0.25, 0.3) is 5.89 Å². The lowest BCUT2D eigenvalue weighted by Gasteiger charge is -2.24. The van der Waals surface area contributed by atoms with Crippen LogP contribution in [0.4, 0.5) is 0 Å². The molecule has 1 fully saturated rings. The Kier molecular flexibility index (Phi) is 6.58. The van der Waals surface area contributed by atoms with E-state index in [1.54, 1.807) is 43.2 Å². The summed E-state index contributed by atoms with van der Waals surface area (Å²) in [5.74, 6) is 0.475. The minimum Gasteiger partial charge on any atom is -0.497 e. The number of carbonyl (C=O) groups excluding carboxylic acids is 1. The molecule has 3 aromatic rings. The van der Waals surface area contributed by atoms with Gasteiger partial charge in [0.15, 0.2) is 0 Å². The Morgan fingerprint density at radius 1 is 1.19 bits per heavy atom. The number of nitrogens with one attached hydrogen (secondary N) is 1. The fourth-order valence-corrected chi connectivity index (χ4v) is 6.01. The van der Waals surface area contributed by atoms with E-state index in [2.05, 4.69) is 14.9 Å². The van der Waals surface area contributed by atoms with Crippen LogP contribution in [-0.4, -0.2) is 49.6 Å². The molecule has 0 bridgehead atoms. The average Bonchev–Trinajstić information content (AvgIpc) is 3.45. The summed E-state index contributed by atoms with van der Waals surface area (Å²) in [7, 11) is -2.18. The molecule has 0 unspecified atom stereocenters. The van der Waals surface area contributed by atoms with Crippen LogP contribution in [0.2, 0.25) is 0 Å². The molecule has 2 aromatic heterocycles. The summed E-state index contributed by atoms with van der Waals surface area (Å²) in [6, 6.07) is 8.64. The highest BCUT2D eigenvalue weighted by Crippen LogP contribution is 2.33. The Labute approximate surface area is 190 Å². The zero-order chi connectivity index (χ0) is 22.7. The zero-order valence-corrected chi connectivity index (χ0v) is 19.5. The van der Waals surface area contributed by atoms with E-state index in [0.717, 1.165) is 24.8 Å². The molecule has 0 atom stereocenters. The molecular formula is C21H24N4O5S2. The topological polar surface area (TPSA) is 115 Å². The van der Waals surface area contributed by atoms with E-state index in [4.69, 9.17) is 9.15 Å². The van der Waals surface area contributed by atoms with E-state index in [9.17, 15) is 13.2 Å². The lowest BCUT2D eigenvalue weighted by atomic mass is 10.1. The number of likely N-dealkylation sites (tertiary alicyclic amines) is 1. The Balaban J connectivity index is 1.48. The summed E-state index contributed by atoms with van der Waals surface area (Å²) < 4.78 is 39.0. The first kappa shape index (κ1) is 22.4. The van der Waals surface area contributed by atoms with Crippen molar-refractivity contribution in [3.05, 3.63) is 46.7 Å². The van der Waals surface area contributed by atoms with Crippen molar-refractivity contribution in [1.29, 1.82) is 0 Å². The van der Waals surface area contributed by atoms with E-state index in [1.165, 1.54) is 17.4 Å². The molecule has 0 spiro atoms. The van der Waals surface area contributed by atoms with Crippen LogP contribution in [0.1, 0.15) is 40.4 Å². The molecule has 1 amide bonds. The predicted octanol–water partition coefficient (Wildman–Crippen LogP) is 3.22. The van der Waals surface area contributed by atoms with Gasteiger partial charge in [-0.05, 0) is 49.9 Å². The molecule has 9 nitrogen and oxygen atoms in total. The van der Waals surface area contributed by atoms with Crippen molar-refractivity contribution < 1.29 is 22.4 Å². The number of thiophene rings is 1. The normalized spacial score (nSPS) is 14.5. The third-order valence-corrected chi connectivity index (χ3v) is 7.94. The molecule has 1 aromatic carbocycles. The van der Waals surface area contributed by atoms with Crippen molar-refractivity contribution >= 4 is 27.3 Å². The number of amides is 1.